The van der Waals surface area contributed by atoms with E-state index in [9.17, 15) is 0 Å². The van der Waals surface area contributed by atoms with Gasteiger partial charge >= 0.3 is 0 Å². The molecule has 2 atom stereocenters. The predicted molar refractivity (Wildman–Crippen MR) is 253 cm³/mol. The zero-order valence-corrected chi connectivity index (χ0v) is 33.6. The SMILES string of the molecule is CC(c1cccc(-c2ccc3oc4ccc5c6cc(-c7ccc8c(c7)c7ccccc7n8-c7ccccc7)ccc6oc5c4c3c2)c1)[C@H]1Cc2ccccc2-c2ccccc21. The summed E-state index contributed by atoms with van der Waals surface area (Å²) in [6.45, 7) is 2.40. The summed E-state index contributed by atoms with van der Waals surface area (Å²) in [5.41, 5.74) is 18.7. The molecule has 13 rings (SSSR count). The van der Waals surface area contributed by atoms with Gasteiger partial charge in [-0.05, 0) is 135 Å². The van der Waals surface area contributed by atoms with Crippen LogP contribution in [0.25, 0.3) is 105 Å². The third-order valence-corrected chi connectivity index (χ3v) is 13.5. The Hall–Kier alpha value is -7.62. The monoisotopic (exact) mass is 781 g/mol. The van der Waals surface area contributed by atoms with Crippen LogP contribution in [-0.2, 0) is 6.42 Å². The maximum absolute atomic E-state index is 6.76. The Morgan fingerprint density at radius 2 is 1.11 bits per heavy atom. The van der Waals surface area contributed by atoms with Gasteiger partial charge in [-0.25, -0.2) is 0 Å². The van der Waals surface area contributed by atoms with Gasteiger partial charge in [0.15, 0.2) is 0 Å². The number of benzene rings is 9. The van der Waals surface area contributed by atoms with E-state index in [2.05, 4.69) is 206 Å². The van der Waals surface area contributed by atoms with Gasteiger partial charge in [-0.15, -0.1) is 0 Å². The smallest absolute Gasteiger partial charge is 0.147 e. The van der Waals surface area contributed by atoms with Gasteiger partial charge in [-0.2, -0.15) is 0 Å². The highest BCUT2D eigenvalue weighted by atomic mass is 16.3. The fraction of sp³-hybridized carbons (Fsp3) is 0.0690. The number of furan rings is 2. The van der Waals surface area contributed by atoms with Gasteiger partial charge in [0, 0.05) is 32.6 Å². The minimum absolute atomic E-state index is 0.338. The maximum atomic E-state index is 6.76. The lowest BCUT2D eigenvalue weighted by Crippen LogP contribution is -2.17. The van der Waals surface area contributed by atoms with Crippen LogP contribution in [0, 0.1) is 0 Å². The standard InChI is InChI=1S/C58H39NO2/c1-35(48-34-41-12-5-6-17-43(41)44-18-7-8-19-45(44)48)36-13-11-14-37(30-36)40-24-28-55-51(33-40)57-56(60-55)29-25-47-50-32-39(23-27-54(50)61-58(47)57)38-22-26-53-49(31-38)46-20-9-10-21-52(46)59(53)42-15-3-2-4-16-42/h2-33,35,48H,34H2,1H3/t35?,48-/m1/s1. The van der Waals surface area contributed by atoms with Crippen LogP contribution in [-0.4, -0.2) is 4.57 Å². The molecule has 9 aromatic carbocycles. The average Bonchev–Trinajstić information content (AvgIpc) is 4.00. The minimum atomic E-state index is 0.338. The van der Waals surface area contributed by atoms with E-state index < -0.39 is 0 Å². The molecule has 3 nitrogen and oxygen atoms in total. The second kappa shape index (κ2) is 13.2. The Balaban J connectivity index is 0.888. The van der Waals surface area contributed by atoms with E-state index in [1.165, 1.54) is 60.8 Å². The van der Waals surface area contributed by atoms with E-state index in [0.717, 1.165) is 67.1 Å². The number of para-hydroxylation sites is 2. The van der Waals surface area contributed by atoms with Gasteiger partial charge in [0.1, 0.15) is 22.3 Å². The molecule has 0 radical (unpaired) electrons. The van der Waals surface area contributed by atoms with Gasteiger partial charge < -0.3 is 13.4 Å². The Labute approximate surface area is 352 Å². The van der Waals surface area contributed by atoms with Crippen LogP contribution in [0.5, 0.6) is 0 Å². The quantitative estimate of drug-likeness (QED) is 0.174. The molecule has 0 fully saturated rings. The molecule has 1 unspecified atom stereocenters. The van der Waals surface area contributed by atoms with Crippen LogP contribution in [0.1, 0.15) is 35.4 Å². The second-order valence-electron chi connectivity index (χ2n) is 16.8. The lowest BCUT2D eigenvalue weighted by atomic mass is 9.71. The molecule has 12 aromatic rings. The van der Waals surface area contributed by atoms with Crippen molar-refractivity contribution in [3.05, 3.63) is 211 Å². The van der Waals surface area contributed by atoms with E-state index in [4.69, 9.17) is 8.83 Å². The van der Waals surface area contributed by atoms with Crippen LogP contribution < -0.4 is 0 Å². The number of hydrogen-bond donors (Lipinski definition) is 0. The summed E-state index contributed by atoms with van der Waals surface area (Å²) < 4.78 is 15.6. The second-order valence-corrected chi connectivity index (χ2v) is 16.8. The highest BCUT2D eigenvalue weighted by Crippen LogP contribution is 2.47. The summed E-state index contributed by atoms with van der Waals surface area (Å²) in [5, 5.41) is 6.75. The van der Waals surface area contributed by atoms with Crippen molar-refractivity contribution < 1.29 is 8.83 Å². The van der Waals surface area contributed by atoms with Gasteiger partial charge in [0.05, 0.1) is 16.4 Å². The molecule has 61 heavy (non-hydrogen) atoms. The van der Waals surface area contributed by atoms with Crippen molar-refractivity contribution in [2.24, 2.45) is 0 Å². The van der Waals surface area contributed by atoms with Crippen molar-refractivity contribution in [1.82, 2.24) is 4.57 Å². The van der Waals surface area contributed by atoms with Crippen molar-refractivity contribution in [2.75, 3.05) is 0 Å². The van der Waals surface area contributed by atoms with E-state index in [1.807, 2.05) is 0 Å². The van der Waals surface area contributed by atoms with Crippen molar-refractivity contribution in [2.45, 2.75) is 25.2 Å². The van der Waals surface area contributed by atoms with Crippen LogP contribution in [0.15, 0.2) is 203 Å². The van der Waals surface area contributed by atoms with Gasteiger partial charge in [0.2, 0.25) is 0 Å². The first-order valence-corrected chi connectivity index (χ1v) is 21.3. The number of aromatic nitrogens is 1. The molecule has 0 N–H and O–H groups in total. The molecular formula is C58H39NO2. The minimum Gasteiger partial charge on any atom is -0.456 e. The highest BCUT2D eigenvalue weighted by molar-refractivity contribution is 6.22. The van der Waals surface area contributed by atoms with Crippen molar-refractivity contribution in [3.63, 3.8) is 0 Å². The molecule has 1 aliphatic rings. The highest BCUT2D eigenvalue weighted by Gasteiger charge is 2.29. The largest absolute Gasteiger partial charge is 0.456 e. The molecule has 0 saturated heterocycles. The fourth-order valence-electron chi connectivity index (χ4n) is 10.5. The molecule has 1 aliphatic carbocycles. The Bertz CT molecular complexity index is 3710. The summed E-state index contributed by atoms with van der Waals surface area (Å²) in [5.74, 6) is 0.734. The van der Waals surface area contributed by atoms with E-state index in [1.54, 1.807) is 0 Å². The van der Waals surface area contributed by atoms with Crippen molar-refractivity contribution in [1.29, 1.82) is 0 Å². The van der Waals surface area contributed by atoms with Gasteiger partial charge in [-0.3, -0.25) is 0 Å². The Kier molecular flexibility index (Phi) is 7.41. The number of hydrogen-bond acceptors (Lipinski definition) is 2. The Morgan fingerprint density at radius 3 is 1.98 bits per heavy atom. The molecule has 0 spiro atoms. The third kappa shape index (κ3) is 5.23. The number of fused-ring (bicyclic) bond motifs is 13. The maximum Gasteiger partial charge on any atom is 0.147 e. The molecule has 0 saturated carbocycles. The van der Waals surface area contributed by atoms with Crippen molar-refractivity contribution in [3.8, 4) is 39.1 Å². The zero-order valence-electron chi connectivity index (χ0n) is 33.6. The topological polar surface area (TPSA) is 31.2 Å². The first-order valence-electron chi connectivity index (χ1n) is 21.3. The van der Waals surface area contributed by atoms with E-state index in [-0.39, 0.29) is 0 Å². The van der Waals surface area contributed by atoms with E-state index >= 15 is 0 Å². The number of rotatable bonds is 5. The van der Waals surface area contributed by atoms with Gasteiger partial charge in [-0.1, -0.05) is 134 Å². The first-order chi connectivity index (χ1) is 30.1. The van der Waals surface area contributed by atoms with Crippen LogP contribution >= 0.6 is 0 Å². The molecule has 288 valence electrons. The Morgan fingerprint density at radius 1 is 0.459 bits per heavy atom. The molecular weight excluding hydrogens is 743 g/mol. The predicted octanol–water partition coefficient (Wildman–Crippen LogP) is 16.0. The van der Waals surface area contributed by atoms with Crippen LogP contribution in [0.4, 0.5) is 0 Å². The summed E-state index contributed by atoms with van der Waals surface area (Å²) in [7, 11) is 0. The lowest BCUT2D eigenvalue weighted by Gasteiger charge is -2.32. The lowest BCUT2D eigenvalue weighted by molar-refractivity contribution is 0.568. The molecule has 3 heteroatoms. The summed E-state index contributed by atoms with van der Waals surface area (Å²) in [6.07, 6.45) is 1.04. The van der Waals surface area contributed by atoms with E-state index in [0.29, 0.717) is 11.8 Å². The number of nitrogens with zero attached hydrogens (tertiary/aromatic N) is 1. The van der Waals surface area contributed by atoms with Gasteiger partial charge in [0.25, 0.3) is 0 Å². The fourth-order valence-corrected chi connectivity index (χ4v) is 10.5. The molecule has 3 heterocycles. The summed E-state index contributed by atoms with van der Waals surface area (Å²) in [6, 6.07) is 70.7. The summed E-state index contributed by atoms with van der Waals surface area (Å²) >= 11 is 0. The first kappa shape index (κ1) is 34.3. The molecule has 3 aromatic heterocycles. The molecule has 0 amide bonds. The molecule has 0 bridgehead atoms. The normalized spacial score (nSPS) is 14.3. The van der Waals surface area contributed by atoms with Crippen molar-refractivity contribution >= 4 is 65.7 Å². The van der Waals surface area contributed by atoms with Crippen LogP contribution in [0.3, 0.4) is 0 Å². The average molecular weight is 782 g/mol. The van der Waals surface area contributed by atoms with Crippen LogP contribution in [0.2, 0.25) is 0 Å². The zero-order chi connectivity index (χ0) is 40.2. The summed E-state index contributed by atoms with van der Waals surface area (Å²) in [4.78, 5) is 0. The molecule has 0 aliphatic heterocycles. The third-order valence-electron chi connectivity index (χ3n) is 13.5.